The van der Waals surface area contributed by atoms with E-state index in [-0.39, 0.29) is 5.70 Å². The number of carbonyl (C=O) groups is 2. The molecule has 0 bridgehead atoms. The average molecular weight is 401 g/mol. The van der Waals surface area contributed by atoms with Crippen LogP contribution in [0.5, 0.6) is 11.5 Å². The van der Waals surface area contributed by atoms with E-state index in [1.807, 2.05) is 22.6 Å². The van der Waals surface area contributed by atoms with Crippen molar-refractivity contribution in [1.82, 2.24) is 0 Å². The second-order valence-corrected chi connectivity index (χ2v) is 5.34. The zero-order valence-electron chi connectivity index (χ0n) is 11.6. The predicted octanol–water partition coefficient (Wildman–Crippen LogP) is 2.54. The molecule has 0 N–H and O–H groups in total. The van der Waals surface area contributed by atoms with Crippen molar-refractivity contribution in [1.29, 1.82) is 0 Å². The van der Waals surface area contributed by atoms with E-state index in [1.54, 1.807) is 25.1 Å². The summed E-state index contributed by atoms with van der Waals surface area (Å²) in [4.78, 5) is 26.6. The van der Waals surface area contributed by atoms with E-state index in [1.165, 1.54) is 14.0 Å². The van der Waals surface area contributed by atoms with Gasteiger partial charge in [-0.2, -0.15) is 0 Å². The Morgan fingerprint density at radius 2 is 2.14 bits per heavy atom. The first-order chi connectivity index (χ1) is 9.90. The number of hydrogen-bond acceptors (Lipinski definition) is 6. The number of methoxy groups -OCH3 is 1. The summed E-state index contributed by atoms with van der Waals surface area (Å²) in [6.07, 6.45) is 1.58. The Balaban J connectivity index is 2.43. The summed E-state index contributed by atoms with van der Waals surface area (Å²) < 4.78 is 15.9. The third-order valence-corrected chi connectivity index (χ3v) is 3.33. The molecule has 0 spiro atoms. The van der Waals surface area contributed by atoms with Gasteiger partial charge in [-0.05, 0) is 46.4 Å². The van der Waals surface area contributed by atoms with Gasteiger partial charge in [0, 0.05) is 13.8 Å². The highest BCUT2D eigenvalue weighted by atomic mass is 127. The number of hydrogen-bond donors (Lipinski definition) is 0. The Hall–Kier alpha value is -1.90. The lowest BCUT2D eigenvalue weighted by molar-refractivity contribution is -0.132. The second-order valence-electron chi connectivity index (χ2n) is 4.18. The van der Waals surface area contributed by atoms with Gasteiger partial charge >= 0.3 is 11.9 Å². The number of benzene rings is 1. The number of ether oxygens (including phenoxy) is 3. The van der Waals surface area contributed by atoms with Gasteiger partial charge in [0.15, 0.2) is 23.1 Å². The summed E-state index contributed by atoms with van der Waals surface area (Å²) in [6.45, 7) is 2.92. The molecular weight excluding hydrogens is 389 g/mol. The molecule has 0 saturated carbocycles. The van der Waals surface area contributed by atoms with Crippen molar-refractivity contribution in [3.05, 3.63) is 27.0 Å². The molecule has 1 aromatic rings. The van der Waals surface area contributed by atoms with Gasteiger partial charge in [0.25, 0.3) is 0 Å². The molecule has 0 atom stereocenters. The van der Waals surface area contributed by atoms with Crippen LogP contribution < -0.4 is 9.47 Å². The number of nitrogens with zero attached hydrogens (tertiary/aromatic N) is 1. The van der Waals surface area contributed by atoms with Crippen molar-refractivity contribution in [2.45, 2.75) is 13.8 Å². The number of halogens is 1. The van der Waals surface area contributed by atoms with Crippen molar-refractivity contribution < 1.29 is 23.8 Å². The van der Waals surface area contributed by atoms with Crippen molar-refractivity contribution in [3.63, 3.8) is 0 Å². The summed E-state index contributed by atoms with van der Waals surface area (Å²) in [5.74, 6) is 0.129. The lowest BCUT2D eigenvalue weighted by Crippen LogP contribution is -2.05. The van der Waals surface area contributed by atoms with E-state index in [0.717, 1.165) is 0 Å². The van der Waals surface area contributed by atoms with Crippen LogP contribution in [0.2, 0.25) is 0 Å². The molecule has 6 nitrogen and oxygen atoms in total. The molecule has 0 aromatic heterocycles. The Labute approximate surface area is 134 Å². The summed E-state index contributed by atoms with van der Waals surface area (Å²) in [7, 11) is 1.47. The fourth-order valence-electron chi connectivity index (χ4n) is 1.74. The minimum atomic E-state index is -0.495. The molecule has 0 radical (unpaired) electrons. The number of rotatable bonds is 3. The van der Waals surface area contributed by atoms with Gasteiger partial charge < -0.3 is 14.2 Å². The van der Waals surface area contributed by atoms with Crippen molar-refractivity contribution >= 4 is 46.5 Å². The predicted molar refractivity (Wildman–Crippen MR) is 84.2 cm³/mol. The number of esters is 2. The molecule has 2 rings (SSSR count). The molecule has 0 amide bonds. The lowest BCUT2D eigenvalue weighted by atomic mass is 10.1. The quantitative estimate of drug-likeness (QED) is 0.337. The van der Waals surface area contributed by atoms with Gasteiger partial charge in [-0.3, -0.25) is 4.79 Å². The van der Waals surface area contributed by atoms with Crippen LogP contribution in [0.4, 0.5) is 0 Å². The van der Waals surface area contributed by atoms with E-state index >= 15 is 0 Å². The Morgan fingerprint density at radius 3 is 2.67 bits per heavy atom. The fourth-order valence-corrected chi connectivity index (χ4v) is 2.47. The van der Waals surface area contributed by atoms with Gasteiger partial charge in [-0.15, -0.1) is 0 Å². The maximum atomic E-state index is 11.5. The van der Waals surface area contributed by atoms with Gasteiger partial charge in [0.05, 0.1) is 10.7 Å². The molecule has 1 aromatic carbocycles. The van der Waals surface area contributed by atoms with Crippen LogP contribution in [0.15, 0.2) is 22.8 Å². The summed E-state index contributed by atoms with van der Waals surface area (Å²) in [6, 6.07) is 3.41. The fraction of sp³-hybridized carbons (Fsp3) is 0.214. The summed E-state index contributed by atoms with van der Waals surface area (Å²) in [5.41, 5.74) is 0.906. The van der Waals surface area contributed by atoms with E-state index in [4.69, 9.17) is 14.2 Å². The van der Waals surface area contributed by atoms with Gasteiger partial charge in [-0.25, -0.2) is 9.79 Å². The van der Waals surface area contributed by atoms with Crippen LogP contribution in [-0.2, 0) is 14.3 Å². The first-order valence-electron chi connectivity index (χ1n) is 5.96. The Kier molecular flexibility index (Phi) is 4.61. The highest BCUT2D eigenvalue weighted by molar-refractivity contribution is 14.1. The smallest absolute Gasteiger partial charge is 0.363 e. The van der Waals surface area contributed by atoms with E-state index in [2.05, 4.69) is 4.99 Å². The molecule has 7 heteroatoms. The molecule has 1 heterocycles. The highest BCUT2D eigenvalue weighted by Crippen LogP contribution is 2.35. The largest absolute Gasteiger partial charge is 0.493 e. The minimum Gasteiger partial charge on any atom is -0.493 e. The third kappa shape index (κ3) is 3.60. The Morgan fingerprint density at radius 1 is 1.43 bits per heavy atom. The SMILES string of the molecule is COc1cc(/C=C2\N=C(C)OC2=O)cc(I)c1OC(C)=O. The molecule has 0 fully saturated rings. The Bertz CT molecular complexity index is 678. The molecule has 0 unspecified atom stereocenters. The molecule has 0 saturated heterocycles. The van der Waals surface area contributed by atoms with Crippen LogP contribution in [0, 0.1) is 3.57 Å². The maximum Gasteiger partial charge on any atom is 0.363 e. The average Bonchev–Trinajstić information content (AvgIpc) is 2.70. The first-order valence-corrected chi connectivity index (χ1v) is 7.03. The summed E-state index contributed by atoms with van der Waals surface area (Å²) >= 11 is 2.03. The second kappa shape index (κ2) is 6.25. The van der Waals surface area contributed by atoms with Crippen LogP contribution in [0.25, 0.3) is 6.08 Å². The highest BCUT2D eigenvalue weighted by Gasteiger charge is 2.20. The van der Waals surface area contributed by atoms with Crippen LogP contribution >= 0.6 is 22.6 Å². The first kappa shape index (κ1) is 15.5. The zero-order chi connectivity index (χ0) is 15.6. The molecule has 1 aliphatic rings. The van der Waals surface area contributed by atoms with Crippen LogP contribution in [0.1, 0.15) is 19.4 Å². The molecule has 21 heavy (non-hydrogen) atoms. The topological polar surface area (TPSA) is 74.2 Å². The number of cyclic esters (lactones) is 1. The zero-order valence-corrected chi connectivity index (χ0v) is 13.8. The number of carbonyl (C=O) groups excluding carboxylic acids is 2. The molecule has 110 valence electrons. The molecule has 1 aliphatic heterocycles. The van der Waals surface area contributed by atoms with Crippen molar-refractivity contribution in [2.24, 2.45) is 4.99 Å². The lowest BCUT2D eigenvalue weighted by Gasteiger charge is -2.11. The van der Waals surface area contributed by atoms with Crippen LogP contribution in [0.3, 0.4) is 0 Å². The van der Waals surface area contributed by atoms with E-state index < -0.39 is 11.9 Å². The van der Waals surface area contributed by atoms with Gasteiger partial charge in [0.1, 0.15) is 0 Å². The third-order valence-electron chi connectivity index (χ3n) is 2.53. The van der Waals surface area contributed by atoms with E-state index in [0.29, 0.717) is 26.5 Å². The molecule has 0 aliphatic carbocycles. The minimum absolute atomic E-state index is 0.214. The van der Waals surface area contributed by atoms with E-state index in [9.17, 15) is 9.59 Å². The monoisotopic (exact) mass is 401 g/mol. The van der Waals surface area contributed by atoms with Gasteiger partial charge in [-0.1, -0.05) is 0 Å². The molecular formula is C14H12INO5. The summed E-state index contributed by atoms with van der Waals surface area (Å²) in [5, 5.41) is 0. The van der Waals surface area contributed by atoms with Crippen LogP contribution in [-0.4, -0.2) is 24.9 Å². The maximum absolute atomic E-state index is 11.5. The van der Waals surface area contributed by atoms with Crippen molar-refractivity contribution in [3.8, 4) is 11.5 Å². The normalized spacial score (nSPS) is 15.7. The number of aliphatic imine (C=N–C) groups is 1. The van der Waals surface area contributed by atoms with Crippen molar-refractivity contribution in [2.75, 3.05) is 7.11 Å². The standard InChI is InChI=1S/C14H12INO5/c1-7-16-11(14(18)20-7)5-9-4-10(15)13(21-8(2)17)12(6-9)19-3/h4-6H,1-3H3/b11-5-. The van der Waals surface area contributed by atoms with Gasteiger partial charge in [0.2, 0.25) is 0 Å².